The summed E-state index contributed by atoms with van der Waals surface area (Å²) in [4.78, 5) is 23.5. The Kier molecular flexibility index (Phi) is 5.75. The molecule has 0 radical (unpaired) electrons. The summed E-state index contributed by atoms with van der Waals surface area (Å²) >= 11 is 0. The normalized spacial score (nSPS) is 19.8. The van der Waals surface area contributed by atoms with Crippen LogP contribution in [-0.4, -0.2) is 44.8 Å². The Balaban J connectivity index is 2.31. The monoisotopic (exact) mass is 258 g/mol. The SMILES string of the molecule is CCOC(=O)C(C)(C)C(=O)COCC1CCOC1. The molecule has 1 atom stereocenters. The van der Waals surface area contributed by atoms with Crippen molar-refractivity contribution in [3.8, 4) is 0 Å². The third-order valence-electron chi connectivity index (χ3n) is 3.09. The second kappa shape index (κ2) is 6.85. The summed E-state index contributed by atoms with van der Waals surface area (Å²) in [5.41, 5.74) is -1.14. The topological polar surface area (TPSA) is 61.8 Å². The first kappa shape index (κ1) is 15.1. The molecule has 18 heavy (non-hydrogen) atoms. The average Bonchev–Trinajstić information content (AvgIpc) is 2.82. The second-order valence-electron chi connectivity index (χ2n) is 5.01. The van der Waals surface area contributed by atoms with Crippen molar-refractivity contribution in [2.24, 2.45) is 11.3 Å². The van der Waals surface area contributed by atoms with Crippen molar-refractivity contribution in [1.29, 1.82) is 0 Å². The van der Waals surface area contributed by atoms with Crippen LogP contribution in [-0.2, 0) is 23.8 Å². The summed E-state index contributed by atoms with van der Waals surface area (Å²) in [6.45, 7) is 7.02. The van der Waals surface area contributed by atoms with E-state index < -0.39 is 11.4 Å². The summed E-state index contributed by atoms with van der Waals surface area (Å²) in [6, 6.07) is 0. The molecular weight excluding hydrogens is 236 g/mol. The van der Waals surface area contributed by atoms with Gasteiger partial charge in [0.2, 0.25) is 0 Å². The number of hydrogen-bond acceptors (Lipinski definition) is 5. The lowest BCUT2D eigenvalue weighted by molar-refractivity contribution is -0.159. The van der Waals surface area contributed by atoms with Gasteiger partial charge >= 0.3 is 5.97 Å². The largest absolute Gasteiger partial charge is 0.465 e. The van der Waals surface area contributed by atoms with E-state index in [1.165, 1.54) is 0 Å². The number of hydrogen-bond donors (Lipinski definition) is 0. The Morgan fingerprint density at radius 2 is 2.11 bits per heavy atom. The molecule has 1 fully saturated rings. The summed E-state index contributed by atoms with van der Waals surface area (Å²) in [5, 5.41) is 0. The standard InChI is InChI=1S/C13H22O5/c1-4-18-12(15)13(2,3)11(14)9-17-8-10-5-6-16-7-10/h10H,4-9H2,1-3H3. The van der Waals surface area contributed by atoms with Crippen molar-refractivity contribution in [1.82, 2.24) is 0 Å². The highest BCUT2D eigenvalue weighted by atomic mass is 16.5. The summed E-state index contributed by atoms with van der Waals surface area (Å²) < 4.78 is 15.4. The van der Waals surface area contributed by atoms with Gasteiger partial charge in [0.05, 0.1) is 19.8 Å². The third kappa shape index (κ3) is 4.07. The molecule has 0 aliphatic carbocycles. The van der Waals surface area contributed by atoms with Crippen molar-refractivity contribution in [2.75, 3.05) is 33.0 Å². The van der Waals surface area contributed by atoms with E-state index in [1.807, 2.05) is 0 Å². The van der Waals surface area contributed by atoms with Gasteiger partial charge in [-0.2, -0.15) is 0 Å². The van der Waals surface area contributed by atoms with Gasteiger partial charge in [-0.05, 0) is 27.2 Å². The number of ketones is 1. The lowest BCUT2D eigenvalue weighted by Gasteiger charge is -2.21. The van der Waals surface area contributed by atoms with E-state index in [4.69, 9.17) is 14.2 Å². The molecule has 0 saturated carbocycles. The first-order valence-corrected chi connectivity index (χ1v) is 6.34. The van der Waals surface area contributed by atoms with Crippen molar-refractivity contribution < 1.29 is 23.8 Å². The fourth-order valence-corrected chi connectivity index (χ4v) is 1.64. The molecule has 1 rings (SSSR count). The molecule has 1 aliphatic heterocycles. The molecule has 1 heterocycles. The molecule has 0 aromatic carbocycles. The molecule has 5 nitrogen and oxygen atoms in total. The number of Topliss-reactive ketones (excluding diaryl/α,β-unsaturated/α-hetero) is 1. The first-order chi connectivity index (χ1) is 8.48. The molecule has 1 saturated heterocycles. The molecule has 1 unspecified atom stereocenters. The van der Waals surface area contributed by atoms with E-state index in [9.17, 15) is 9.59 Å². The highest BCUT2D eigenvalue weighted by Gasteiger charge is 2.37. The van der Waals surface area contributed by atoms with Gasteiger partial charge in [-0.15, -0.1) is 0 Å². The number of carbonyl (C=O) groups excluding carboxylic acids is 2. The van der Waals surface area contributed by atoms with Crippen LogP contribution < -0.4 is 0 Å². The summed E-state index contributed by atoms with van der Waals surface area (Å²) in [5.74, 6) is -0.383. The molecule has 0 aromatic heterocycles. The van der Waals surface area contributed by atoms with Crippen LogP contribution in [0.2, 0.25) is 0 Å². The lowest BCUT2D eigenvalue weighted by atomic mass is 9.88. The van der Waals surface area contributed by atoms with Gasteiger partial charge < -0.3 is 14.2 Å². The Bertz CT molecular complexity index is 292. The van der Waals surface area contributed by atoms with E-state index in [2.05, 4.69) is 0 Å². The van der Waals surface area contributed by atoms with Crippen LogP contribution in [0.15, 0.2) is 0 Å². The molecule has 0 aromatic rings. The van der Waals surface area contributed by atoms with Crippen LogP contribution >= 0.6 is 0 Å². The van der Waals surface area contributed by atoms with Gasteiger partial charge in [-0.3, -0.25) is 9.59 Å². The molecule has 104 valence electrons. The Hall–Kier alpha value is -0.940. The Labute approximate surface area is 108 Å². The van der Waals surface area contributed by atoms with Crippen LogP contribution in [0.1, 0.15) is 27.2 Å². The van der Waals surface area contributed by atoms with Gasteiger partial charge in [0.25, 0.3) is 0 Å². The molecule has 0 bridgehead atoms. The van der Waals surface area contributed by atoms with Gasteiger partial charge in [-0.25, -0.2) is 0 Å². The quantitative estimate of drug-likeness (QED) is 0.507. The fourth-order valence-electron chi connectivity index (χ4n) is 1.64. The number of carbonyl (C=O) groups is 2. The number of rotatable bonds is 7. The second-order valence-corrected chi connectivity index (χ2v) is 5.01. The minimum Gasteiger partial charge on any atom is -0.465 e. The van der Waals surface area contributed by atoms with Crippen molar-refractivity contribution in [3.63, 3.8) is 0 Å². The number of ether oxygens (including phenoxy) is 3. The molecule has 0 N–H and O–H groups in total. The van der Waals surface area contributed by atoms with Crippen LogP contribution in [0.25, 0.3) is 0 Å². The van der Waals surface area contributed by atoms with E-state index in [0.29, 0.717) is 19.1 Å². The Morgan fingerprint density at radius 3 is 2.67 bits per heavy atom. The minimum absolute atomic E-state index is 0.0533. The highest BCUT2D eigenvalue weighted by molar-refractivity contribution is 6.03. The number of esters is 1. The predicted octanol–water partition coefficient (Wildman–Crippen LogP) is 1.20. The van der Waals surface area contributed by atoms with Crippen molar-refractivity contribution in [3.05, 3.63) is 0 Å². The fraction of sp³-hybridized carbons (Fsp3) is 0.846. The van der Waals surface area contributed by atoms with Crippen LogP contribution in [0.5, 0.6) is 0 Å². The van der Waals surface area contributed by atoms with E-state index >= 15 is 0 Å². The van der Waals surface area contributed by atoms with Crippen LogP contribution in [0, 0.1) is 11.3 Å². The van der Waals surface area contributed by atoms with Crippen molar-refractivity contribution in [2.45, 2.75) is 27.2 Å². The average molecular weight is 258 g/mol. The van der Waals surface area contributed by atoms with E-state index in [1.54, 1.807) is 20.8 Å². The summed E-state index contributed by atoms with van der Waals surface area (Å²) in [6.07, 6.45) is 0.968. The van der Waals surface area contributed by atoms with E-state index in [-0.39, 0.29) is 19.0 Å². The van der Waals surface area contributed by atoms with Gasteiger partial charge in [0.1, 0.15) is 12.0 Å². The Morgan fingerprint density at radius 1 is 1.39 bits per heavy atom. The lowest BCUT2D eigenvalue weighted by Crippen LogP contribution is -2.37. The molecule has 0 spiro atoms. The summed E-state index contributed by atoms with van der Waals surface area (Å²) in [7, 11) is 0. The zero-order valence-corrected chi connectivity index (χ0v) is 11.4. The highest BCUT2D eigenvalue weighted by Crippen LogP contribution is 2.19. The molecule has 0 amide bonds. The van der Waals surface area contributed by atoms with Crippen molar-refractivity contribution >= 4 is 11.8 Å². The van der Waals surface area contributed by atoms with Crippen LogP contribution in [0.3, 0.4) is 0 Å². The third-order valence-corrected chi connectivity index (χ3v) is 3.09. The maximum absolute atomic E-state index is 11.9. The molecule has 1 aliphatic rings. The minimum atomic E-state index is -1.14. The predicted molar refractivity (Wildman–Crippen MR) is 65.2 cm³/mol. The smallest absolute Gasteiger partial charge is 0.319 e. The molecule has 5 heteroatoms. The van der Waals surface area contributed by atoms with Gasteiger partial charge in [0.15, 0.2) is 5.78 Å². The van der Waals surface area contributed by atoms with Gasteiger partial charge in [-0.1, -0.05) is 0 Å². The van der Waals surface area contributed by atoms with Gasteiger partial charge in [0, 0.05) is 12.5 Å². The maximum atomic E-state index is 11.9. The zero-order chi connectivity index (χ0) is 13.6. The zero-order valence-electron chi connectivity index (χ0n) is 11.4. The molecular formula is C13H22O5. The maximum Gasteiger partial charge on any atom is 0.319 e. The van der Waals surface area contributed by atoms with Crippen LogP contribution in [0.4, 0.5) is 0 Å². The first-order valence-electron chi connectivity index (χ1n) is 6.34. The van der Waals surface area contributed by atoms with E-state index in [0.717, 1.165) is 13.0 Å².